The second-order valence-corrected chi connectivity index (χ2v) is 4.91. The summed E-state index contributed by atoms with van der Waals surface area (Å²) in [4.78, 5) is 4.37. The van der Waals surface area contributed by atoms with Gasteiger partial charge in [0.2, 0.25) is 0 Å². The first-order valence-corrected chi connectivity index (χ1v) is 6.61. The molecule has 5 heteroatoms. The van der Waals surface area contributed by atoms with Crippen molar-refractivity contribution < 1.29 is 5.11 Å². The normalized spacial score (nSPS) is 12.6. The maximum Gasteiger partial charge on any atom is 0.0896 e. The molecule has 1 atom stereocenters. The zero-order chi connectivity index (χ0) is 16.0. The molecule has 0 aliphatic carbocycles. The molecule has 0 saturated heterocycles. The minimum absolute atomic E-state index is 0.0639. The molecule has 1 heterocycles. The van der Waals surface area contributed by atoms with E-state index in [9.17, 15) is 5.11 Å². The highest BCUT2D eigenvalue weighted by Crippen LogP contribution is 2.18. The van der Waals surface area contributed by atoms with Gasteiger partial charge in [-0.2, -0.15) is 0 Å². The molecule has 1 rings (SSSR count). The van der Waals surface area contributed by atoms with Crippen LogP contribution in [0.2, 0.25) is 0 Å². The van der Waals surface area contributed by atoms with E-state index in [4.69, 9.17) is 11.1 Å². The molecule has 0 saturated carbocycles. The van der Waals surface area contributed by atoms with Crippen LogP contribution in [-0.2, 0) is 0 Å². The van der Waals surface area contributed by atoms with Gasteiger partial charge in [0.25, 0.3) is 0 Å². The molecule has 0 aromatic carbocycles. The molecular weight excluding hydrogens is 264 g/mol. The molecule has 0 fully saturated rings. The summed E-state index contributed by atoms with van der Waals surface area (Å²) in [5.41, 5.74) is 9.23. The lowest BCUT2D eigenvalue weighted by atomic mass is 10.1. The van der Waals surface area contributed by atoms with E-state index < -0.39 is 0 Å². The first-order valence-electron chi connectivity index (χ1n) is 6.61. The number of allylic oxidation sites excluding steroid dienone is 1. The average Bonchev–Trinajstić information content (AvgIpc) is 2.45. The summed E-state index contributed by atoms with van der Waals surface area (Å²) in [6.07, 6.45) is 4.23. The van der Waals surface area contributed by atoms with Crippen molar-refractivity contribution in [2.24, 2.45) is 11.7 Å². The first kappa shape index (κ1) is 16.5. The van der Waals surface area contributed by atoms with Crippen molar-refractivity contribution in [3.8, 4) is 0 Å². The standard InChI is InChI=1S/C16H22N4O/c1-10-5-14(15(6-17)7-18)9-20-16(10)12(3)19-8-11(2)13(4)21/h5-7,9,11,17,19,21H,3-4,8,18H2,1-2H3/b15-7+,17-6?. The highest BCUT2D eigenvalue weighted by Gasteiger charge is 2.10. The van der Waals surface area contributed by atoms with Gasteiger partial charge >= 0.3 is 0 Å². The van der Waals surface area contributed by atoms with Crippen LogP contribution >= 0.6 is 0 Å². The topological polar surface area (TPSA) is 95.0 Å². The van der Waals surface area contributed by atoms with Gasteiger partial charge in [-0.05, 0) is 18.6 Å². The second kappa shape index (κ2) is 7.28. The van der Waals surface area contributed by atoms with Crippen molar-refractivity contribution in [1.29, 1.82) is 5.41 Å². The van der Waals surface area contributed by atoms with E-state index in [0.29, 0.717) is 17.8 Å². The minimum Gasteiger partial charge on any atom is -0.513 e. The molecule has 0 aliphatic rings. The minimum atomic E-state index is -0.0639. The Balaban J connectivity index is 2.87. The molecule has 1 aromatic heterocycles. The molecule has 1 unspecified atom stereocenters. The lowest BCUT2D eigenvalue weighted by Gasteiger charge is -2.15. The molecule has 0 amide bonds. The van der Waals surface area contributed by atoms with Crippen molar-refractivity contribution in [2.45, 2.75) is 13.8 Å². The third kappa shape index (κ3) is 4.21. The number of nitrogens with two attached hydrogens (primary N) is 1. The SMILES string of the molecule is C=C(NCC(C)C(=C)O)c1ncc(/C(C=N)=C/N)cc1C. The highest BCUT2D eigenvalue weighted by atomic mass is 16.3. The van der Waals surface area contributed by atoms with E-state index in [-0.39, 0.29) is 11.7 Å². The quantitative estimate of drug-likeness (QED) is 0.457. The van der Waals surface area contributed by atoms with Crippen LogP contribution in [0.15, 0.2) is 37.4 Å². The van der Waals surface area contributed by atoms with Gasteiger partial charge in [0, 0.05) is 42.2 Å². The number of aryl methyl sites for hydroxylation is 1. The van der Waals surface area contributed by atoms with Gasteiger partial charge < -0.3 is 21.6 Å². The van der Waals surface area contributed by atoms with Crippen molar-refractivity contribution in [3.63, 3.8) is 0 Å². The Morgan fingerprint density at radius 1 is 1.57 bits per heavy atom. The predicted octanol–water partition coefficient (Wildman–Crippen LogP) is 2.61. The fourth-order valence-corrected chi connectivity index (χ4v) is 1.75. The van der Waals surface area contributed by atoms with Crippen LogP contribution in [-0.4, -0.2) is 22.8 Å². The maximum atomic E-state index is 9.29. The van der Waals surface area contributed by atoms with Gasteiger partial charge in [0.1, 0.15) is 0 Å². The fourth-order valence-electron chi connectivity index (χ4n) is 1.75. The van der Waals surface area contributed by atoms with Crippen molar-refractivity contribution >= 4 is 17.5 Å². The highest BCUT2D eigenvalue weighted by molar-refractivity contribution is 6.08. The third-order valence-electron chi connectivity index (χ3n) is 3.22. The summed E-state index contributed by atoms with van der Waals surface area (Å²) < 4.78 is 0. The number of nitrogens with one attached hydrogen (secondary N) is 2. The van der Waals surface area contributed by atoms with E-state index in [0.717, 1.165) is 16.8 Å². The third-order valence-corrected chi connectivity index (χ3v) is 3.22. The number of rotatable bonds is 7. The monoisotopic (exact) mass is 286 g/mol. The summed E-state index contributed by atoms with van der Waals surface area (Å²) in [6.45, 7) is 11.8. The molecule has 112 valence electrons. The van der Waals surface area contributed by atoms with Crippen LogP contribution < -0.4 is 11.1 Å². The van der Waals surface area contributed by atoms with E-state index >= 15 is 0 Å². The van der Waals surface area contributed by atoms with Gasteiger partial charge in [-0.1, -0.05) is 20.1 Å². The molecule has 21 heavy (non-hydrogen) atoms. The average molecular weight is 286 g/mol. The van der Waals surface area contributed by atoms with Crippen LogP contribution in [0, 0.1) is 18.3 Å². The van der Waals surface area contributed by atoms with Gasteiger partial charge in [0.05, 0.1) is 17.2 Å². The predicted molar refractivity (Wildman–Crippen MR) is 87.9 cm³/mol. The molecular formula is C16H22N4O. The molecule has 1 aromatic rings. The van der Waals surface area contributed by atoms with Crippen LogP contribution in [0.3, 0.4) is 0 Å². The number of hydrogen-bond donors (Lipinski definition) is 4. The summed E-state index contributed by atoms with van der Waals surface area (Å²) in [6, 6.07) is 1.91. The summed E-state index contributed by atoms with van der Waals surface area (Å²) in [5.74, 6) is 0.0741. The Bertz CT molecular complexity index is 590. The maximum absolute atomic E-state index is 9.29. The Hall–Kier alpha value is -2.56. The Labute approximate surface area is 125 Å². The van der Waals surface area contributed by atoms with E-state index in [1.807, 2.05) is 19.9 Å². The Morgan fingerprint density at radius 2 is 2.24 bits per heavy atom. The number of aliphatic hydroxyl groups excluding tert-OH is 1. The van der Waals surface area contributed by atoms with E-state index in [1.165, 1.54) is 12.4 Å². The molecule has 0 bridgehead atoms. The van der Waals surface area contributed by atoms with Gasteiger partial charge in [0.15, 0.2) is 0 Å². The zero-order valence-electron chi connectivity index (χ0n) is 12.5. The van der Waals surface area contributed by atoms with Crippen LogP contribution in [0.4, 0.5) is 0 Å². The smallest absolute Gasteiger partial charge is 0.0896 e. The number of nitrogens with zero attached hydrogens (tertiary/aromatic N) is 1. The second-order valence-electron chi connectivity index (χ2n) is 4.91. The molecule has 0 radical (unpaired) electrons. The van der Waals surface area contributed by atoms with Crippen LogP contribution in [0.1, 0.15) is 23.7 Å². The van der Waals surface area contributed by atoms with E-state index in [2.05, 4.69) is 23.5 Å². The first-order chi connectivity index (χ1) is 9.90. The lowest BCUT2D eigenvalue weighted by Crippen LogP contribution is -2.21. The largest absolute Gasteiger partial charge is 0.513 e. The summed E-state index contributed by atoms with van der Waals surface area (Å²) in [7, 11) is 0. The number of aromatic nitrogens is 1. The van der Waals surface area contributed by atoms with Gasteiger partial charge in [-0.3, -0.25) is 4.98 Å². The van der Waals surface area contributed by atoms with Gasteiger partial charge in [-0.25, -0.2) is 0 Å². The summed E-state index contributed by atoms with van der Waals surface area (Å²) >= 11 is 0. The molecule has 5 nitrogen and oxygen atoms in total. The molecule has 5 N–H and O–H groups in total. The van der Waals surface area contributed by atoms with Crippen LogP contribution in [0.25, 0.3) is 11.3 Å². The van der Waals surface area contributed by atoms with Crippen LogP contribution in [0.5, 0.6) is 0 Å². The van der Waals surface area contributed by atoms with Gasteiger partial charge in [-0.15, -0.1) is 0 Å². The summed E-state index contributed by atoms with van der Waals surface area (Å²) in [5, 5.41) is 19.7. The van der Waals surface area contributed by atoms with Crippen molar-refractivity contribution in [2.75, 3.05) is 6.54 Å². The fraction of sp³-hybridized carbons (Fsp3) is 0.250. The number of pyridine rings is 1. The number of aliphatic hydroxyl groups is 1. The molecule has 0 spiro atoms. The van der Waals surface area contributed by atoms with Crippen molar-refractivity contribution in [3.05, 3.63) is 54.2 Å². The number of hydrogen-bond acceptors (Lipinski definition) is 5. The Morgan fingerprint density at radius 3 is 2.71 bits per heavy atom. The molecule has 0 aliphatic heterocycles. The van der Waals surface area contributed by atoms with Crippen molar-refractivity contribution in [1.82, 2.24) is 10.3 Å². The zero-order valence-corrected chi connectivity index (χ0v) is 12.5. The van der Waals surface area contributed by atoms with E-state index in [1.54, 1.807) is 6.20 Å². The Kier molecular flexibility index (Phi) is 5.72. The lowest BCUT2D eigenvalue weighted by molar-refractivity contribution is 0.342.